The van der Waals surface area contributed by atoms with Gasteiger partial charge in [0, 0.05) is 32.6 Å². The number of likely N-dealkylation sites (N-methyl/N-ethyl adjacent to an activating group) is 1. The minimum atomic E-state index is -1.79. The van der Waals surface area contributed by atoms with E-state index in [0.717, 1.165) is 11.1 Å². The van der Waals surface area contributed by atoms with E-state index < -0.39 is 47.4 Å². The summed E-state index contributed by atoms with van der Waals surface area (Å²) in [4.78, 5) is 62.9. The Balaban J connectivity index is 0.000000584. The third-order valence-corrected chi connectivity index (χ3v) is 8.24. The number of carboxylic acids is 2. The predicted octanol–water partition coefficient (Wildman–Crippen LogP) is 1.34. The summed E-state index contributed by atoms with van der Waals surface area (Å²) in [6.45, 7) is 4.57. The molecule has 47 heavy (non-hydrogen) atoms. The summed E-state index contributed by atoms with van der Waals surface area (Å²) < 4.78 is 19.5. The Morgan fingerprint density at radius 1 is 1.11 bits per heavy atom. The standard InChI is InChI=1S/C29H37FN4O4.C4H6O5/c1-28(2,31)26(36)32-24(18-38-17-20-8-5-4-6-9-20)25(35)34-15-7-14-29(19-34)23(16-33(3)27(29)37)21-10-12-22(30)13-11-21;5-2(4(8)9)1-3(6)7/h4-6,8-13,23-24H,7,14-19,31H2,1-3H3,(H,32,36);2,5H,1H2,(H,6,7)(H,8,9)/t23-,24+,29-;2-/m00/s1. The van der Waals surface area contributed by atoms with Crippen LogP contribution in [0.25, 0.3) is 0 Å². The molecule has 2 heterocycles. The second-order valence-corrected chi connectivity index (χ2v) is 12.5. The van der Waals surface area contributed by atoms with Gasteiger partial charge in [-0.1, -0.05) is 42.5 Å². The highest BCUT2D eigenvalue weighted by molar-refractivity contribution is 5.93. The zero-order valence-corrected chi connectivity index (χ0v) is 26.7. The molecule has 2 saturated heterocycles. The molecule has 2 aromatic rings. The van der Waals surface area contributed by atoms with E-state index in [1.165, 1.54) is 12.1 Å². The van der Waals surface area contributed by atoms with Gasteiger partial charge in [0.25, 0.3) is 0 Å². The number of aliphatic hydroxyl groups is 1. The summed E-state index contributed by atoms with van der Waals surface area (Å²) in [5, 5.41) is 26.9. The van der Waals surface area contributed by atoms with Crippen LogP contribution in [0.3, 0.4) is 0 Å². The number of halogens is 1. The van der Waals surface area contributed by atoms with Gasteiger partial charge in [0.2, 0.25) is 17.7 Å². The zero-order valence-electron chi connectivity index (χ0n) is 26.7. The number of benzene rings is 2. The first-order valence-electron chi connectivity index (χ1n) is 15.2. The van der Waals surface area contributed by atoms with Crippen molar-refractivity contribution in [1.29, 1.82) is 0 Å². The lowest BCUT2D eigenvalue weighted by atomic mass is 9.69. The van der Waals surface area contributed by atoms with Gasteiger partial charge >= 0.3 is 11.9 Å². The number of ether oxygens (including phenoxy) is 1. The maximum absolute atomic E-state index is 13.8. The number of rotatable bonds is 11. The normalized spacial score (nSPS) is 20.6. The molecule has 256 valence electrons. The molecule has 0 radical (unpaired) electrons. The number of likely N-dealkylation sites (tertiary alicyclic amines) is 2. The summed E-state index contributed by atoms with van der Waals surface area (Å²) in [6.07, 6.45) is -1.28. The Bertz CT molecular complexity index is 1420. The highest BCUT2D eigenvalue weighted by Crippen LogP contribution is 2.49. The summed E-state index contributed by atoms with van der Waals surface area (Å²) in [5.74, 6) is -4.16. The molecule has 0 bridgehead atoms. The van der Waals surface area contributed by atoms with Gasteiger partial charge in [-0.25, -0.2) is 9.18 Å². The molecule has 0 aromatic heterocycles. The fraction of sp³-hybridized carbons (Fsp3) is 0.485. The molecule has 2 aliphatic rings. The van der Waals surface area contributed by atoms with Crippen LogP contribution in [0.5, 0.6) is 0 Å². The smallest absolute Gasteiger partial charge is 0.333 e. The summed E-state index contributed by atoms with van der Waals surface area (Å²) in [5.41, 5.74) is 5.82. The number of carboxylic acid groups (broad SMARTS) is 2. The SMILES string of the molecule is CN1C[C@@H](c2ccc(F)cc2)[C@@]2(CCCN(C(=O)[C@@H](COCc3ccccc3)NC(=O)C(C)(C)N)C2)C1=O.O=C(O)C[C@H](O)C(=O)O. The van der Waals surface area contributed by atoms with Crippen LogP contribution in [0.4, 0.5) is 4.39 Å². The van der Waals surface area contributed by atoms with Crippen LogP contribution in [0.2, 0.25) is 0 Å². The average molecular weight is 659 g/mol. The molecule has 0 saturated carbocycles. The summed E-state index contributed by atoms with van der Waals surface area (Å²) in [7, 11) is 1.76. The number of piperidine rings is 1. The minimum Gasteiger partial charge on any atom is -0.481 e. The number of amides is 3. The summed E-state index contributed by atoms with van der Waals surface area (Å²) >= 11 is 0. The van der Waals surface area contributed by atoms with Crippen molar-refractivity contribution in [2.24, 2.45) is 11.1 Å². The molecule has 6 N–H and O–H groups in total. The van der Waals surface area contributed by atoms with E-state index in [-0.39, 0.29) is 43.3 Å². The molecule has 2 fully saturated rings. The fourth-order valence-electron chi connectivity index (χ4n) is 5.77. The van der Waals surface area contributed by atoms with E-state index in [4.69, 9.17) is 25.8 Å². The van der Waals surface area contributed by atoms with Crippen LogP contribution in [0, 0.1) is 11.2 Å². The van der Waals surface area contributed by atoms with Gasteiger partial charge in [-0.3, -0.25) is 19.2 Å². The Kier molecular flexibility index (Phi) is 12.6. The van der Waals surface area contributed by atoms with Crippen molar-refractivity contribution in [3.63, 3.8) is 0 Å². The van der Waals surface area contributed by atoms with Gasteiger partial charge in [-0.05, 0) is 49.9 Å². The monoisotopic (exact) mass is 658 g/mol. The second kappa shape index (κ2) is 15.9. The first kappa shape index (κ1) is 37.1. The zero-order chi connectivity index (χ0) is 34.9. The second-order valence-electron chi connectivity index (χ2n) is 12.5. The highest BCUT2D eigenvalue weighted by atomic mass is 19.1. The number of carbonyl (C=O) groups is 5. The van der Waals surface area contributed by atoms with E-state index >= 15 is 0 Å². The van der Waals surface area contributed by atoms with Crippen LogP contribution < -0.4 is 11.1 Å². The number of aliphatic carboxylic acids is 2. The van der Waals surface area contributed by atoms with Crippen molar-refractivity contribution in [3.05, 3.63) is 71.5 Å². The quantitative estimate of drug-likeness (QED) is 0.235. The van der Waals surface area contributed by atoms with E-state index in [2.05, 4.69) is 5.32 Å². The number of nitrogens with two attached hydrogens (primary N) is 1. The van der Waals surface area contributed by atoms with Gasteiger partial charge in [-0.2, -0.15) is 0 Å². The molecule has 0 unspecified atom stereocenters. The van der Waals surface area contributed by atoms with Crippen LogP contribution in [-0.2, 0) is 35.3 Å². The van der Waals surface area contributed by atoms with Gasteiger partial charge < -0.3 is 40.9 Å². The van der Waals surface area contributed by atoms with Gasteiger partial charge in [0.1, 0.15) is 11.9 Å². The number of nitrogens with zero attached hydrogens (tertiary/aromatic N) is 2. The Morgan fingerprint density at radius 3 is 2.30 bits per heavy atom. The Morgan fingerprint density at radius 2 is 1.74 bits per heavy atom. The number of carbonyl (C=O) groups excluding carboxylic acids is 3. The van der Waals surface area contributed by atoms with Crippen LogP contribution >= 0.6 is 0 Å². The topological polar surface area (TPSA) is 200 Å². The van der Waals surface area contributed by atoms with Crippen molar-refractivity contribution in [1.82, 2.24) is 15.1 Å². The van der Waals surface area contributed by atoms with Gasteiger partial charge in [0.05, 0.1) is 30.6 Å². The Labute approximate surface area is 272 Å². The molecule has 1 spiro atoms. The van der Waals surface area contributed by atoms with Crippen molar-refractivity contribution < 1.29 is 48.4 Å². The first-order valence-corrected chi connectivity index (χ1v) is 15.2. The van der Waals surface area contributed by atoms with Crippen molar-refractivity contribution in [2.45, 2.75) is 63.3 Å². The molecule has 2 aliphatic heterocycles. The number of nitrogens with one attached hydrogen (secondary N) is 1. The lowest BCUT2D eigenvalue weighted by Crippen LogP contribution is -2.60. The lowest BCUT2D eigenvalue weighted by Gasteiger charge is -2.43. The van der Waals surface area contributed by atoms with Crippen molar-refractivity contribution in [3.8, 4) is 0 Å². The molecule has 14 heteroatoms. The summed E-state index contributed by atoms with van der Waals surface area (Å²) in [6, 6.07) is 14.9. The molecule has 4 atom stereocenters. The van der Waals surface area contributed by atoms with Gasteiger partial charge in [0.15, 0.2) is 6.10 Å². The average Bonchev–Trinajstić information content (AvgIpc) is 3.25. The maximum atomic E-state index is 13.8. The third kappa shape index (κ3) is 9.80. The number of hydrogen-bond donors (Lipinski definition) is 5. The van der Waals surface area contributed by atoms with E-state index in [0.29, 0.717) is 25.9 Å². The van der Waals surface area contributed by atoms with E-state index in [1.54, 1.807) is 42.8 Å². The molecule has 4 rings (SSSR count). The molecule has 0 aliphatic carbocycles. The lowest BCUT2D eigenvalue weighted by molar-refractivity contribution is -0.152. The molecular formula is C33H43FN4O9. The Hall–Kier alpha value is -4.40. The predicted molar refractivity (Wildman–Crippen MR) is 167 cm³/mol. The van der Waals surface area contributed by atoms with Gasteiger partial charge in [-0.15, -0.1) is 0 Å². The molecule has 2 aromatic carbocycles. The molecule has 3 amide bonds. The van der Waals surface area contributed by atoms with Crippen LogP contribution in [0.15, 0.2) is 54.6 Å². The highest BCUT2D eigenvalue weighted by Gasteiger charge is 2.56. The largest absolute Gasteiger partial charge is 0.481 e. The van der Waals surface area contributed by atoms with Crippen molar-refractivity contribution in [2.75, 3.05) is 33.3 Å². The minimum absolute atomic E-state index is 0.0201. The third-order valence-electron chi connectivity index (χ3n) is 8.24. The fourth-order valence-corrected chi connectivity index (χ4v) is 5.77. The first-order chi connectivity index (χ1) is 22.0. The van der Waals surface area contributed by atoms with Crippen molar-refractivity contribution >= 4 is 29.7 Å². The van der Waals surface area contributed by atoms with Crippen LogP contribution in [-0.4, -0.2) is 106 Å². The maximum Gasteiger partial charge on any atom is 0.333 e. The number of aliphatic hydroxyl groups excluding tert-OH is 1. The molecular weight excluding hydrogens is 615 g/mol. The number of hydrogen-bond acceptors (Lipinski definition) is 8. The molecule has 13 nitrogen and oxygen atoms in total. The van der Waals surface area contributed by atoms with E-state index in [9.17, 15) is 28.4 Å². The van der Waals surface area contributed by atoms with Crippen LogP contribution in [0.1, 0.15) is 50.2 Å². The van der Waals surface area contributed by atoms with E-state index in [1.807, 2.05) is 30.3 Å².